The van der Waals surface area contributed by atoms with Crippen LogP contribution in [0.1, 0.15) is 27.0 Å². The summed E-state index contributed by atoms with van der Waals surface area (Å²) >= 11 is 0. The van der Waals surface area contributed by atoms with Gasteiger partial charge in [-0.15, -0.1) is 0 Å². The molecule has 0 heterocycles. The van der Waals surface area contributed by atoms with Gasteiger partial charge in [-0.3, -0.25) is 14.4 Å². The maximum atomic E-state index is 12.4. The van der Waals surface area contributed by atoms with Crippen LogP contribution in [0.4, 0.5) is 5.69 Å². The third-order valence-corrected chi connectivity index (χ3v) is 4.85. The first kappa shape index (κ1) is 21.8. The van der Waals surface area contributed by atoms with Crippen molar-refractivity contribution in [3.8, 4) is 5.75 Å². The highest BCUT2D eigenvalue weighted by Gasteiger charge is 2.10. The predicted octanol–water partition coefficient (Wildman–Crippen LogP) is 3.67. The SMILES string of the molecule is Cc1cccc(NC(=O)CNC(=O)COc2ccc(C(=O)c3ccccc3)cc2)c1C. The summed E-state index contributed by atoms with van der Waals surface area (Å²) < 4.78 is 5.44. The van der Waals surface area contributed by atoms with Gasteiger partial charge in [0.15, 0.2) is 12.4 Å². The number of ether oxygens (including phenoxy) is 1. The molecule has 3 aromatic rings. The van der Waals surface area contributed by atoms with Crippen LogP contribution in [-0.4, -0.2) is 30.7 Å². The maximum Gasteiger partial charge on any atom is 0.258 e. The topological polar surface area (TPSA) is 84.5 Å². The van der Waals surface area contributed by atoms with Crippen molar-refractivity contribution >= 4 is 23.3 Å². The summed E-state index contributed by atoms with van der Waals surface area (Å²) in [4.78, 5) is 36.5. The second kappa shape index (κ2) is 10.2. The van der Waals surface area contributed by atoms with Crippen LogP contribution in [0.25, 0.3) is 0 Å². The number of hydrogen-bond donors (Lipinski definition) is 2. The van der Waals surface area contributed by atoms with E-state index in [9.17, 15) is 14.4 Å². The standard InChI is InChI=1S/C25H24N2O4/c1-17-7-6-10-22(18(17)2)27-23(28)15-26-24(29)16-31-21-13-11-20(12-14-21)25(30)19-8-4-3-5-9-19/h3-14H,15-16H2,1-2H3,(H,26,29)(H,27,28). The largest absolute Gasteiger partial charge is 0.484 e. The number of carbonyl (C=O) groups is 3. The molecule has 0 aromatic heterocycles. The average Bonchev–Trinajstić information content (AvgIpc) is 2.80. The van der Waals surface area contributed by atoms with Gasteiger partial charge in [-0.25, -0.2) is 0 Å². The van der Waals surface area contributed by atoms with Crippen molar-refractivity contribution in [2.45, 2.75) is 13.8 Å². The molecule has 0 saturated carbocycles. The van der Waals surface area contributed by atoms with Crippen LogP contribution in [0.5, 0.6) is 5.75 Å². The van der Waals surface area contributed by atoms with Crippen molar-refractivity contribution in [1.29, 1.82) is 0 Å². The number of anilines is 1. The van der Waals surface area contributed by atoms with Crippen molar-refractivity contribution in [2.24, 2.45) is 0 Å². The van der Waals surface area contributed by atoms with Crippen LogP contribution < -0.4 is 15.4 Å². The van der Waals surface area contributed by atoms with Crippen LogP contribution in [0.15, 0.2) is 72.8 Å². The molecule has 0 aliphatic rings. The van der Waals surface area contributed by atoms with Crippen LogP contribution in [-0.2, 0) is 9.59 Å². The second-order valence-corrected chi connectivity index (χ2v) is 7.08. The summed E-state index contributed by atoms with van der Waals surface area (Å²) in [5.74, 6) is -0.356. The van der Waals surface area contributed by atoms with E-state index in [4.69, 9.17) is 4.74 Å². The third kappa shape index (κ3) is 6.02. The minimum Gasteiger partial charge on any atom is -0.484 e. The molecule has 0 bridgehead atoms. The summed E-state index contributed by atoms with van der Waals surface area (Å²) in [6.45, 7) is 3.51. The summed E-state index contributed by atoms with van der Waals surface area (Å²) in [5, 5.41) is 5.31. The maximum absolute atomic E-state index is 12.4. The van der Waals surface area contributed by atoms with Crippen molar-refractivity contribution in [3.05, 3.63) is 95.1 Å². The molecule has 158 valence electrons. The van der Waals surface area contributed by atoms with Gasteiger partial charge >= 0.3 is 0 Å². The summed E-state index contributed by atoms with van der Waals surface area (Å²) in [7, 11) is 0. The number of rotatable bonds is 8. The molecule has 0 saturated heterocycles. The van der Waals surface area contributed by atoms with Crippen LogP contribution in [0.2, 0.25) is 0 Å². The van der Waals surface area contributed by atoms with Gasteiger partial charge in [0.2, 0.25) is 5.91 Å². The molecule has 0 unspecified atom stereocenters. The van der Waals surface area contributed by atoms with E-state index in [2.05, 4.69) is 10.6 Å². The minimum absolute atomic E-state index is 0.0836. The molecular formula is C25H24N2O4. The lowest BCUT2D eigenvalue weighted by molar-refractivity contribution is -0.125. The summed E-state index contributed by atoms with van der Waals surface area (Å²) in [6, 6.07) is 21.2. The second-order valence-electron chi connectivity index (χ2n) is 7.08. The Labute approximate surface area is 181 Å². The van der Waals surface area contributed by atoms with E-state index in [1.807, 2.05) is 50.2 Å². The number of ketones is 1. The highest BCUT2D eigenvalue weighted by Crippen LogP contribution is 2.18. The minimum atomic E-state index is -0.416. The van der Waals surface area contributed by atoms with Crippen LogP contribution in [0, 0.1) is 13.8 Å². The van der Waals surface area contributed by atoms with Gasteiger partial charge in [-0.2, -0.15) is 0 Å². The number of nitrogens with one attached hydrogen (secondary N) is 2. The molecule has 0 radical (unpaired) electrons. The van der Waals surface area contributed by atoms with Crippen molar-refractivity contribution in [2.75, 3.05) is 18.5 Å². The van der Waals surface area contributed by atoms with E-state index in [-0.39, 0.29) is 24.8 Å². The molecule has 6 nitrogen and oxygen atoms in total. The van der Waals surface area contributed by atoms with Gasteiger partial charge in [-0.1, -0.05) is 42.5 Å². The predicted molar refractivity (Wildman–Crippen MR) is 119 cm³/mol. The number of amides is 2. The highest BCUT2D eigenvalue weighted by molar-refractivity contribution is 6.09. The average molecular weight is 416 g/mol. The monoisotopic (exact) mass is 416 g/mol. The van der Waals surface area contributed by atoms with Crippen molar-refractivity contribution < 1.29 is 19.1 Å². The fourth-order valence-electron chi connectivity index (χ4n) is 2.92. The van der Waals surface area contributed by atoms with E-state index in [1.54, 1.807) is 36.4 Å². The van der Waals surface area contributed by atoms with E-state index >= 15 is 0 Å². The van der Waals surface area contributed by atoms with Crippen LogP contribution >= 0.6 is 0 Å². The number of aryl methyl sites for hydroxylation is 1. The fourth-order valence-corrected chi connectivity index (χ4v) is 2.92. The van der Waals surface area contributed by atoms with Gasteiger partial charge in [0.05, 0.1) is 6.54 Å². The Balaban J connectivity index is 1.44. The Hall–Kier alpha value is -3.93. The van der Waals surface area contributed by atoms with Gasteiger partial charge in [0.1, 0.15) is 5.75 Å². The lowest BCUT2D eigenvalue weighted by atomic mass is 10.0. The zero-order valence-electron chi connectivity index (χ0n) is 17.5. The molecule has 0 fully saturated rings. The van der Waals surface area contributed by atoms with E-state index in [0.29, 0.717) is 16.9 Å². The van der Waals surface area contributed by atoms with E-state index in [1.165, 1.54) is 0 Å². The summed E-state index contributed by atoms with van der Waals surface area (Å²) in [6.07, 6.45) is 0. The molecule has 0 atom stereocenters. The Kier molecular flexibility index (Phi) is 7.17. The third-order valence-electron chi connectivity index (χ3n) is 4.85. The quantitative estimate of drug-likeness (QED) is 0.549. The fraction of sp³-hybridized carbons (Fsp3) is 0.160. The summed E-state index contributed by atoms with van der Waals surface area (Å²) in [5.41, 5.74) is 3.92. The molecule has 6 heteroatoms. The van der Waals surface area contributed by atoms with Gasteiger partial charge in [0.25, 0.3) is 5.91 Å². The molecule has 0 spiro atoms. The first-order valence-corrected chi connectivity index (χ1v) is 9.89. The zero-order chi connectivity index (χ0) is 22.2. The molecule has 2 amide bonds. The first-order valence-electron chi connectivity index (χ1n) is 9.89. The molecule has 3 rings (SSSR count). The Morgan fingerprint density at radius 2 is 1.45 bits per heavy atom. The van der Waals surface area contributed by atoms with Crippen molar-refractivity contribution in [3.63, 3.8) is 0 Å². The number of benzene rings is 3. The highest BCUT2D eigenvalue weighted by atomic mass is 16.5. The molecular weight excluding hydrogens is 392 g/mol. The molecule has 2 N–H and O–H groups in total. The van der Waals surface area contributed by atoms with E-state index in [0.717, 1.165) is 16.8 Å². The smallest absolute Gasteiger partial charge is 0.258 e. The van der Waals surface area contributed by atoms with Gasteiger partial charge in [0, 0.05) is 16.8 Å². The normalized spacial score (nSPS) is 10.3. The Morgan fingerprint density at radius 1 is 0.774 bits per heavy atom. The van der Waals surface area contributed by atoms with Gasteiger partial charge in [-0.05, 0) is 55.3 Å². The number of hydrogen-bond acceptors (Lipinski definition) is 4. The molecule has 31 heavy (non-hydrogen) atoms. The molecule has 0 aliphatic heterocycles. The first-order chi connectivity index (χ1) is 14.9. The van der Waals surface area contributed by atoms with Crippen LogP contribution in [0.3, 0.4) is 0 Å². The van der Waals surface area contributed by atoms with Crippen molar-refractivity contribution in [1.82, 2.24) is 5.32 Å². The lowest BCUT2D eigenvalue weighted by Gasteiger charge is -2.11. The number of carbonyl (C=O) groups excluding carboxylic acids is 3. The Bertz CT molecular complexity index is 1080. The molecule has 3 aromatic carbocycles. The molecule has 0 aliphatic carbocycles. The Morgan fingerprint density at radius 3 is 2.16 bits per heavy atom. The zero-order valence-corrected chi connectivity index (χ0v) is 17.5. The lowest BCUT2D eigenvalue weighted by Crippen LogP contribution is -2.35. The van der Waals surface area contributed by atoms with E-state index < -0.39 is 5.91 Å². The van der Waals surface area contributed by atoms with Gasteiger partial charge < -0.3 is 15.4 Å².